The second-order valence-corrected chi connectivity index (χ2v) is 5.04. The molecule has 4 nitrogen and oxygen atoms in total. The predicted octanol–water partition coefficient (Wildman–Crippen LogP) is 3.41. The van der Waals surface area contributed by atoms with Gasteiger partial charge in [-0.25, -0.2) is 0 Å². The van der Waals surface area contributed by atoms with Crippen molar-refractivity contribution >= 4 is 5.91 Å². The Bertz CT molecular complexity index is 390. The minimum Gasteiger partial charge on any atom is -0.491 e. The van der Waals surface area contributed by atoms with Crippen molar-refractivity contribution in [2.45, 2.75) is 39.0 Å². The third-order valence-electron chi connectivity index (χ3n) is 3.24. The third kappa shape index (κ3) is 7.71. The van der Waals surface area contributed by atoms with Crippen molar-refractivity contribution in [1.82, 2.24) is 5.32 Å². The van der Waals surface area contributed by atoms with Gasteiger partial charge in [0.2, 0.25) is 0 Å². The van der Waals surface area contributed by atoms with E-state index < -0.39 is 0 Å². The molecule has 1 rings (SSSR count). The first-order chi connectivity index (χ1) is 10.3. The van der Waals surface area contributed by atoms with Crippen molar-refractivity contribution in [3.05, 3.63) is 29.8 Å². The number of rotatable bonds is 11. The van der Waals surface area contributed by atoms with E-state index in [9.17, 15) is 4.79 Å². The van der Waals surface area contributed by atoms with Gasteiger partial charge in [0, 0.05) is 19.2 Å². The minimum atomic E-state index is -0.0195. The Morgan fingerprint density at radius 2 is 1.76 bits per heavy atom. The first-order valence-corrected chi connectivity index (χ1v) is 7.78. The zero-order valence-electron chi connectivity index (χ0n) is 13.2. The van der Waals surface area contributed by atoms with Crippen molar-refractivity contribution in [2.24, 2.45) is 0 Å². The molecular formula is C17H27NO3. The lowest BCUT2D eigenvalue weighted by Crippen LogP contribution is -2.24. The lowest BCUT2D eigenvalue weighted by Gasteiger charge is -2.07. The summed E-state index contributed by atoms with van der Waals surface area (Å²) < 4.78 is 10.4. The van der Waals surface area contributed by atoms with Gasteiger partial charge in [0.1, 0.15) is 12.4 Å². The summed E-state index contributed by atoms with van der Waals surface area (Å²) in [6, 6.07) is 7.20. The predicted molar refractivity (Wildman–Crippen MR) is 84.9 cm³/mol. The molecule has 21 heavy (non-hydrogen) atoms. The molecule has 0 aliphatic heterocycles. The zero-order chi connectivity index (χ0) is 15.3. The van der Waals surface area contributed by atoms with E-state index in [2.05, 4.69) is 12.2 Å². The number of hydrogen-bond acceptors (Lipinski definition) is 3. The number of benzene rings is 1. The number of methoxy groups -OCH3 is 1. The van der Waals surface area contributed by atoms with Gasteiger partial charge in [-0.3, -0.25) is 4.79 Å². The maximum atomic E-state index is 11.9. The van der Waals surface area contributed by atoms with E-state index in [1.165, 1.54) is 25.7 Å². The number of carbonyl (C=O) groups is 1. The van der Waals surface area contributed by atoms with Gasteiger partial charge in [-0.1, -0.05) is 32.6 Å². The molecule has 1 aromatic carbocycles. The minimum absolute atomic E-state index is 0.0195. The summed E-state index contributed by atoms with van der Waals surface area (Å²) in [5.41, 5.74) is 0.669. The van der Waals surface area contributed by atoms with Gasteiger partial charge >= 0.3 is 0 Å². The third-order valence-corrected chi connectivity index (χ3v) is 3.24. The topological polar surface area (TPSA) is 47.6 Å². The smallest absolute Gasteiger partial charge is 0.251 e. The summed E-state index contributed by atoms with van der Waals surface area (Å²) >= 11 is 0. The van der Waals surface area contributed by atoms with E-state index in [0.717, 1.165) is 18.7 Å². The molecule has 0 heterocycles. The van der Waals surface area contributed by atoms with E-state index in [0.29, 0.717) is 18.8 Å². The molecule has 1 N–H and O–H groups in total. The molecule has 0 atom stereocenters. The largest absolute Gasteiger partial charge is 0.491 e. The Morgan fingerprint density at radius 3 is 2.43 bits per heavy atom. The number of nitrogens with one attached hydrogen (secondary N) is 1. The molecule has 0 radical (unpaired) electrons. The normalized spacial score (nSPS) is 10.4. The summed E-state index contributed by atoms with van der Waals surface area (Å²) in [5.74, 6) is 0.733. The molecule has 0 saturated carbocycles. The molecule has 4 heteroatoms. The maximum absolute atomic E-state index is 11.9. The number of unbranched alkanes of at least 4 members (excludes halogenated alkanes) is 4. The Labute approximate surface area is 127 Å². The summed E-state index contributed by atoms with van der Waals surface area (Å²) in [7, 11) is 1.64. The van der Waals surface area contributed by atoms with Crippen LogP contribution in [0.15, 0.2) is 24.3 Å². The molecule has 0 aromatic heterocycles. The zero-order valence-corrected chi connectivity index (χ0v) is 13.2. The van der Waals surface area contributed by atoms with E-state index >= 15 is 0 Å². The molecular weight excluding hydrogens is 266 g/mol. The summed E-state index contributed by atoms with van der Waals surface area (Å²) in [4.78, 5) is 11.9. The molecule has 0 saturated heterocycles. The van der Waals surface area contributed by atoms with Crippen molar-refractivity contribution < 1.29 is 14.3 Å². The van der Waals surface area contributed by atoms with Crippen LogP contribution in [-0.4, -0.2) is 32.8 Å². The highest BCUT2D eigenvalue weighted by Gasteiger charge is 2.04. The second-order valence-electron chi connectivity index (χ2n) is 5.04. The SMILES string of the molecule is CCCCCCCNC(=O)c1ccc(OCCOC)cc1. The summed E-state index contributed by atoms with van der Waals surface area (Å²) in [6.07, 6.45) is 5.99. The Morgan fingerprint density at radius 1 is 1.05 bits per heavy atom. The molecule has 0 aliphatic carbocycles. The average Bonchev–Trinajstić information content (AvgIpc) is 2.51. The number of carbonyl (C=O) groups excluding carboxylic acids is 1. The molecule has 0 unspecified atom stereocenters. The molecule has 1 aromatic rings. The Hall–Kier alpha value is -1.55. The Kier molecular flexibility index (Phi) is 9.29. The monoisotopic (exact) mass is 293 g/mol. The van der Waals surface area contributed by atoms with E-state index in [4.69, 9.17) is 9.47 Å². The van der Waals surface area contributed by atoms with Crippen LogP contribution >= 0.6 is 0 Å². The fraction of sp³-hybridized carbons (Fsp3) is 0.588. The number of amides is 1. The van der Waals surface area contributed by atoms with Crippen LogP contribution in [0.3, 0.4) is 0 Å². The van der Waals surface area contributed by atoms with Gasteiger partial charge < -0.3 is 14.8 Å². The number of ether oxygens (including phenoxy) is 2. The van der Waals surface area contributed by atoms with Crippen molar-refractivity contribution in [2.75, 3.05) is 26.9 Å². The van der Waals surface area contributed by atoms with Gasteiger partial charge in [0.15, 0.2) is 0 Å². The van der Waals surface area contributed by atoms with Crippen LogP contribution < -0.4 is 10.1 Å². The molecule has 0 fully saturated rings. The first-order valence-electron chi connectivity index (χ1n) is 7.78. The quantitative estimate of drug-likeness (QED) is 0.636. The van der Waals surface area contributed by atoms with Crippen LogP contribution in [-0.2, 0) is 4.74 Å². The highest BCUT2D eigenvalue weighted by atomic mass is 16.5. The van der Waals surface area contributed by atoms with Crippen LogP contribution in [0, 0.1) is 0 Å². The van der Waals surface area contributed by atoms with Gasteiger partial charge in [-0.15, -0.1) is 0 Å². The highest BCUT2D eigenvalue weighted by Crippen LogP contribution is 2.12. The van der Waals surface area contributed by atoms with E-state index in [1.54, 1.807) is 19.2 Å². The van der Waals surface area contributed by atoms with Crippen LogP contribution in [0.1, 0.15) is 49.4 Å². The summed E-state index contributed by atoms with van der Waals surface area (Å²) in [6.45, 7) is 4.01. The van der Waals surface area contributed by atoms with Crippen LogP contribution in [0.4, 0.5) is 0 Å². The van der Waals surface area contributed by atoms with Gasteiger partial charge in [-0.05, 0) is 30.7 Å². The molecule has 0 aliphatic rings. The summed E-state index contributed by atoms with van der Waals surface area (Å²) in [5, 5.41) is 2.95. The van der Waals surface area contributed by atoms with Crippen molar-refractivity contribution in [1.29, 1.82) is 0 Å². The van der Waals surface area contributed by atoms with Gasteiger partial charge in [0.05, 0.1) is 6.61 Å². The molecule has 118 valence electrons. The standard InChI is InChI=1S/C17H27NO3/c1-3-4-5-6-7-12-18-17(19)15-8-10-16(11-9-15)21-14-13-20-2/h8-11H,3-7,12-14H2,1-2H3,(H,18,19). The van der Waals surface area contributed by atoms with Crippen molar-refractivity contribution in [3.63, 3.8) is 0 Å². The van der Waals surface area contributed by atoms with Crippen LogP contribution in [0.5, 0.6) is 5.75 Å². The van der Waals surface area contributed by atoms with Crippen LogP contribution in [0.25, 0.3) is 0 Å². The lowest BCUT2D eigenvalue weighted by atomic mass is 10.1. The van der Waals surface area contributed by atoms with Crippen LogP contribution in [0.2, 0.25) is 0 Å². The Balaban J connectivity index is 2.24. The fourth-order valence-corrected chi connectivity index (χ4v) is 1.98. The molecule has 1 amide bonds. The first kappa shape index (κ1) is 17.5. The number of hydrogen-bond donors (Lipinski definition) is 1. The fourth-order valence-electron chi connectivity index (χ4n) is 1.98. The molecule has 0 bridgehead atoms. The average molecular weight is 293 g/mol. The van der Waals surface area contributed by atoms with Gasteiger partial charge in [-0.2, -0.15) is 0 Å². The second kappa shape index (κ2) is 11.1. The highest BCUT2D eigenvalue weighted by molar-refractivity contribution is 5.94. The molecule has 0 spiro atoms. The van der Waals surface area contributed by atoms with E-state index in [-0.39, 0.29) is 5.91 Å². The maximum Gasteiger partial charge on any atom is 0.251 e. The van der Waals surface area contributed by atoms with Crippen molar-refractivity contribution in [3.8, 4) is 5.75 Å². The van der Waals surface area contributed by atoms with E-state index in [1.807, 2.05) is 12.1 Å². The lowest BCUT2D eigenvalue weighted by molar-refractivity contribution is 0.0953. The van der Waals surface area contributed by atoms with Gasteiger partial charge in [0.25, 0.3) is 5.91 Å².